The van der Waals surface area contributed by atoms with E-state index in [2.05, 4.69) is 11.0 Å². The van der Waals surface area contributed by atoms with Gasteiger partial charge in [0.15, 0.2) is 0 Å². The zero-order chi connectivity index (χ0) is 18.5. The van der Waals surface area contributed by atoms with Crippen LogP contribution >= 0.6 is 11.6 Å². The molecule has 0 aromatic heterocycles. The second kappa shape index (κ2) is 8.93. The molecule has 0 radical (unpaired) electrons. The van der Waals surface area contributed by atoms with Gasteiger partial charge in [-0.15, -0.1) is 0 Å². The van der Waals surface area contributed by atoms with Gasteiger partial charge in [0.05, 0.1) is 25.9 Å². The van der Waals surface area contributed by atoms with Crippen LogP contribution in [0.3, 0.4) is 0 Å². The Morgan fingerprint density at radius 2 is 2.04 bits per heavy atom. The molecule has 0 spiro atoms. The second-order valence-electron chi connectivity index (χ2n) is 7.04. The van der Waals surface area contributed by atoms with Gasteiger partial charge >= 0.3 is 6.09 Å². The molecule has 2 N–H and O–H groups in total. The van der Waals surface area contributed by atoms with E-state index >= 15 is 0 Å². The van der Waals surface area contributed by atoms with E-state index in [1.807, 2.05) is 18.2 Å². The van der Waals surface area contributed by atoms with Crippen LogP contribution in [0, 0.1) is 0 Å². The Morgan fingerprint density at radius 1 is 1.27 bits per heavy atom. The van der Waals surface area contributed by atoms with E-state index in [1.165, 1.54) is 7.11 Å². The maximum atomic E-state index is 12.0. The first-order valence-corrected chi connectivity index (χ1v) is 9.68. The van der Waals surface area contributed by atoms with Crippen LogP contribution in [-0.2, 0) is 9.47 Å². The van der Waals surface area contributed by atoms with E-state index in [1.54, 1.807) is 4.90 Å². The molecule has 7 heteroatoms. The van der Waals surface area contributed by atoms with Crippen LogP contribution in [0.15, 0.2) is 24.3 Å². The van der Waals surface area contributed by atoms with E-state index in [-0.39, 0.29) is 24.3 Å². The Kier molecular flexibility index (Phi) is 6.62. The van der Waals surface area contributed by atoms with Crippen LogP contribution in [0.25, 0.3) is 0 Å². The number of hydrogen-bond donors (Lipinski definition) is 1. The summed E-state index contributed by atoms with van der Waals surface area (Å²) >= 11 is 6.09. The predicted octanol–water partition coefficient (Wildman–Crippen LogP) is 2.88. The third-order valence-electron chi connectivity index (χ3n) is 5.36. The number of carbonyl (C=O) groups excluding carboxylic acids is 1. The average molecular weight is 382 g/mol. The summed E-state index contributed by atoms with van der Waals surface area (Å²) in [6.07, 6.45) is 3.60. The summed E-state index contributed by atoms with van der Waals surface area (Å²) < 4.78 is 11.0. The first-order chi connectivity index (χ1) is 12.6. The number of halogens is 1. The molecule has 1 amide bonds. The fourth-order valence-electron chi connectivity index (χ4n) is 3.83. The number of anilines is 1. The molecule has 2 saturated heterocycles. The molecule has 0 bridgehead atoms. The van der Waals surface area contributed by atoms with Gasteiger partial charge in [0.25, 0.3) is 0 Å². The number of rotatable bonds is 4. The lowest BCUT2D eigenvalue weighted by atomic mass is 9.98. The molecular formula is C19H28ClN3O3. The monoisotopic (exact) mass is 381 g/mol. The number of piperidine rings is 2. The van der Waals surface area contributed by atoms with E-state index in [0.717, 1.165) is 49.5 Å². The number of nitrogens with zero attached hydrogens (tertiary/aromatic N) is 2. The Labute approximate surface area is 160 Å². The first-order valence-electron chi connectivity index (χ1n) is 9.30. The third-order valence-corrected chi connectivity index (χ3v) is 5.59. The third kappa shape index (κ3) is 4.61. The van der Waals surface area contributed by atoms with Crippen molar-refractivity contribution in [1.82, 2.24) is 4.90 Å². The highest BCUT2D eigenvalue weighted by molar-refractivity contribution is 6.30. The standard InChI is InChI=1S/C19H28ClN3O3/c1-25-19(24)23-9-3-6-17(21)18(23)13-26-16-7-10-22(11-8-16)15-5-2-4-14(20)12-15/h2,4-5,12,16-18H,3,6-11,13,21H2,1H3/t17-,18-/m0/s1. The molecule has 6 nitrogen and oxygen atoms in total. The van der Waals surface area contributed by atoms with Crippen molar-refractivity contribution in [3.8, 4) is 0 Å². The van der Waals surface area contributed by atoms with Gasteiger partial charge in [0.2, 0.25) is 0 Å². The summed E-state index contributed by atoms with van der Waals surface area (Å²) in [7, 11) is 1.41. The molecule has 1 aromatic carbocycles. The number of amides is 1. The second-order valence-corrected chi connectivity index (χ2v) is 7.47. The van der Waals surface area contributed by atoms with Crippen LogP contribution in [-0.4, -0.2) is 62.5 Å². The molecule has 0 saturated carbocycles. The summed E-state index contributed by atoms with van der Waals surface area (Å²) in [6.45, 7) is 3.02. The van der Waals surface area contributed by atoms with Gasteiger partial charge in [0, 0.05) is 36.4 Å². The zero-order valence-corrected chi connectivity index (χ0v) is 16.0. The SMILES string of the molecule is COC(=O)N1CCC[C@H](N)[C@@H]1COC1CCN(c2cccc(Cl)c2)CC1. The molecule has 26 heavy (non-hydrogen) atoms. The summed E-state index contributed by atoms with van der Waals surface area (Å²) in [5, 5.41) is 0.759. The first kappa shape index (κ1) is 19.3. The van der Waals surface area contributed by atoms with Crippen LogP contribution < -0.4 is 10.6 Å². The van der Waals surface area contributed by atoms with E-state index in [4.69, 9.17) is 26.8 Å². The zero-order valence-electron chi connectivity index (χ0n) is 15.3. The van der Waals surface area contributed by atoms with Gasteiger partial charge in [-0.05, 0) is 43.9 Å². The molecule has 0 aliphatic carbocycles. The molecule has 0 unspecified atom stereocenters. The summed E-state index contributed by atoms with van der Waals surface area (Å²) in [4.78, 5) is 16.0. The van der Waals surface area contributed by atoms with Crippen LogP contribution in [0.5, 0.6) is 0 Å². The van der Waals surface area contributed by atoms with Crippen molar-refractivity contribution in [2.24, 2.45) is 5.73 Å². The minimum Gasteiger partial charge on any atom is -0.453 e. The lowest BCUT2D eigenvalue weighted by Crippen LogP contribution is -2.56. The predicted molar refractivity (Wildman–Crippen MR) is 103 cm³/mol. The quantitative estimate of drug-likeness (QED) is 0.868. The molecular weight excluding hydrogens is 354 g/mol. The highest BCUT2D eigenvalue weighted by Crippen LogP contribution is 2.25. The van der Waals surface area contributed by atoms with Crippen molar-refractivity contribution < 1.29 is 14.3 Å². The minimum absolute atomic E-state index is 0.0607. The Morgan fingerprint density at radius 3 is 2.73 bits per heavy atom. The van der Waals surface area contributed by atoms with Crippen molar-refractivity contribution in [1.29, 1.82) is 0 Å². The van der Waals surface area contributed by atoms with Gasteiger partial charge in [-0.3, -0.25) is 0 Å². The lowest BCUT2D eigenvalue weighted by molar-refractivity contribution is -0.0163. The number of carbonyl (C=O) groups is 1. The van der Waals surface area contributed by atoms with E-state index < -0.39 is 0 Å². The molecule has 2 aliphatic rings. The van der Waals surface area contributed by atoms with Crippen LogP contribution in [0.1, 0.15) is 25.7 Å². The van der Waals surface area contributed by atoms with Crippen molar-refractivity contribution in [3.63, 3.8) is 0 Å². The summed E-state index contributed by atoms with van der Waals surface area (Å²) in [6, 6.07) is 7.78. The number of hydrogen-bond acceptors (Lipinski definition) is 5. The molecule has 144 valence electrons. The molecule has 2 heterocycles. The van der Waals surface area contributed by atoms with Gasteiger partial charge < -0.3 is 25.0 Å². The molecule has 1 aromatic rings. The van der Waals surface area contributed by atoms with Crippen LogP contribution in [0.2, 0.25) is 5.02 Å². The van der Waals surface area contributed by atoms with Crippen molar-refractivity contribution in [2.75, 3.05) is 38.3 Å². The Bertz CT molecular complexity index is 607. The number of nitrogens with two attached hydrogens (primary N) is 1. The van der Waals surface area contributed by atoms with Gasteiger partial charge in [0.1, 0.15) is 0 Å². The van der Waals surface area contributed by atoms with E-state index in [9.17, 15) is 4.79 Å². The topological polar surface area (TPSA) is 68.0 Å². The highest BCUT2D eigenvalue weighted by atomic mass is 35.5. The van der Waals surface area contributed by atoms with Crippen molar-refractivity contribution in [2.45, 2.75) is 43.9 Å². The smallest absolute Gasteiger partial charge is 0.409 e. The van der Waals surface area contributed by atoms with Crippen LogP contribution in [0.4, 0.5) is 10.5 Å². The van der Waals surface area contributed by atoms with Crippen molar-refractivity contribution in [3.05, 3.63) is 29.3 Å². The summed E-state index contributed by atoms with van der Waals surface area (Å²) in [5.41, 5.74) is 7.39. The summed E-state index contributed by atoms with van der Waals surface area (Å²) in [5.74, 6) is 0. The van der Waals surface area contributed by atoms with Gasteiger partial charge in [-0.25, -0.2) is 4.79 Å². The molecule has 2 fully saturated rings. The Balaban J connectivity index is 1.50. The maximum Gasteiger partial charge on any atom is 0.409 e. The average Bonchev–Trinajstić information content (AvgIpc) is 2.66. The molecule has 2 aliphatic heterocycles. The fraction of sp³-hybridized carbons (Fsp3) is 0.632. The highest BCUT2D eigenvalue weighted by Gasteiger charge is 2.34. The van der Waals surface area contributed by atoms with E-state index in [0.29, 0.717) is 13.2 Å². The molecule has 3 rings (SSSR count). The van der Waals surface area contributed by atoms with Gasteiger partial charge in [-0.2, -0.15) is 0 Å². The van der Waals surface area contributed by atoms with Gasteiger partial charge in [-0.1, -0.05) is 17.7 Å². The van der Waals surface area contributed by atoms with Crippen molar-refractivity contribution >= 4 is 23.4 Å². The Hall–Kier alpha value is -1.50. The molecule has 2 atom stereocenters. The number of likely N-dealkylation sites (tertiary alicyclic amines) is 1. The minimum atomic E-state index is -0.315. The number of methoxy groups -OCH3 is 1. The normalized spacial score (nSPS) is 24.6. The largest absolute Gasteiger partial charge is 0.453 e. The lowest BCUT2D eigenvalue weighted by Gasteiger charge is -2.40. The fourth-order valence-corrected chi connectivity index (χ4v) is 4.02. The number of ether oxygens (including phenoxy) is 2. The number of benzene rings is 1. The maximum absolute atomic E-state index is 12.0.